The first kappa shape index (κ1) is 14.8. The first-order valence-corrected chi connectivity index (χ1v) is 7.62. The van der Waals surface area contributed by atoms with Gasteiger partial charge < -0.3 is 11.1 Å². The molecule has 1 heterocycles. The van der Waals surface area contributed by atoms with Crippen LogP contribution in [0.4, 0.5) is 5.13 Å². The predicted molar refractivity (Wildman–Crippen MR) is 79.9 cm³/mol. The van der Waals surface area contributed by atoms with Crippen LogP contribution in [0.5, 0.6) is 0 Å². The highest BCUT2D eigenvalue weighted by Crippen LogP contribution is 2.41. The Bertz CT molecular complexity index is 447. The van der Waals surface area contributed by atoms with Crippen LogP contribution in [0.25, 0.3) is 0 Å². The van der Waals surface area contributed by atoms with Gasteiger partial charge in [0.25, 0.3) is 0 Å². The molecule has 3 N–H and O–H groups in total. The van der Waals surface area contributed by atoms with Crippen LogP contribution in [0.3, 0.4) is 0 Å². The Labute approximate surface area is 123 Å². The second-order valence-corrected chi connectivity index (χ2v) is 6.23. The normalized spacial score (nSPS) is 25.9. The number of carbonyl (C=O) groups excluding carboxylic acids is 1. The maximum Gasteiger partial charge on any atom is 0.229 e. The fourth-order valence-corrected chi connectivity index (χ4v) is 3.57. The lowest BCUT2D eigenvalue weighted by atomic mass is 9.95. The highest BCUT2D eigenvalue weighted by atomic mass is 35.5. The van der Waals surface area contributed by atoms with Gasteiger partial charge in [0.15, 0.2) is 5.13 Å². The number of halogens is 1. The van der Waals surface area contributed by atoms with Gasteiger partial charge in [0.2, 0.25) is 5.91 Å². The summed E-state index contributed by atoms with van der Waals surface area (Å²) in [4.78, 5) is 16.7. The minimum absolute atomic E-state index is 0. The van der Waals surface area contributed by atoms with Crippen LogP contribution in [0.1, 0.15) is 43.7 Å². The van der Waals surface area contributed by atoms with Crippen LogP contribution >= 0.6 is 23.7 Å². The highest BCUT2D eigenvalue weighted by molar-refractivity contribution is 7.13. The average Bonchev–Trinajstić information content (AvgIpc) is 2.93. The molecular weight excluding hydrogens is 282 g/mol. The molecule has 0 aliphatic heterocycles. The van der Waals surface area contributed by atoms with Crippen molar-refractivity contribution in [2.75, 3.05) is 11.9 Å². The van der Waals surface area contributed by atoms with Gasteiger partial charge in [-0.2, -0.15) is 0 Å². The van der Waals surface area contributed by atoms with Crippen LogP contribution in [-0.2, 0) is 4.79 Å². The summed E-state index contributed by atoms with van der Waals surface area (Å²) in [6.45, 7) is 0.614. The predicted octanol–water partition coefficient (Wildman–Crippen LogP) is 2.76. The molecule has 4 nitrogen and oxygen atoms in total. The van der Waals surface area contributed by atoms with Gasteiger partial charge >= 0.3 is 0 Å². The van der Waals surface area contributed by atoms with Crippen molar-refractivity contribution in [3.8, 4) is 0 Å². The summed E-state index contributed by atoms with van der Waals surface area (Å²) < 4.78 is 0. The van der Waals surface area contributed by atoms with E-state index in [9.17, 15) is 4.79 Å². The number of amides is 1. The quantitative estimate of drug-likeness (QED) is 0.898. The second kappa shape index (κ2) is 6.20. The van der Waals surface area contributed by atoms with Gasteiger partial charge in [-0.25, -0.2) is 4.98 Å². The van der Waals surface area contributed by atoms with Gasteiger partial charge in [0.1, 0.15) is 0 Å². The average molecular weight is 302 g/mol. The van der Waals surface area contributed by atoms with Gasteiger partial charge in [-0.1, -0.05) is 6.42 Å². The third kappa shape index (κ3) is 3.27. The molecule has 2 aliphatic carbocycles. The number of nitrogens with two attached hydrogens (primary N) is 1. The van der Waals surface area contributed by atoms with Gasteiger partial charge in [-0.3, -0.25) is 4.79 Å². The van der Waals surface area contributed by atoms with Crippen molar-refractivity contribution < 1.29 is 4.79 Å². The topological polar surface area (TPSA) is 68.0 Å². The molecule has 0 radical (unpaired) electrons. The summed E-state index contributed by atoms with van der Waals surface area (Å²) >= 11 is 1.54. The number of nitrogens with zero attached hydrogens (tertiary/aromatic N) is 1. The van der Waals surface area contributed by atoms with E-state index in [1.54, 1.807) is 0 Å². The summed E-state index contributed by atoms with van der Waals surface area (Å²) in [5.74, 6) is 1.20. The van der Waals surface area contributed by atoms with E-state index >= 15 is 0 Å². The number of thiazole rings is 1. The Morgan fingerprint density at radius 1 is 1.42 bits per heavy atom. The third-order valence-corrected chi connectivity index (χ3v) is 4.82. The molecule has 0 saturated heterocycles. The van der Waals surface area contributed by atoms with Gasteiger partial charge in [-0.15, -0.1) is 23.7 Å². The maximum atomic E-state index is 12.2. The molecule has 2 saturated carbocycles. The van der Waals surface area contributed by atoms with E-state index in [1.807, 2.05) is 0 Å². The zero-order valence-corrected chi connectivity index (χ0v) is 12.4. The summed E-state index contributed by atoms with van der Waals surface area (Å²) in [7, 11) is 0. The Morgan fingerprint density at radius 2 is 2.21 bits per heavy atom. The molecule has 3 rings (SSSR count). The molecule has 0 spiro atoms. The Hall–Kier alpha value is -0.650. The van der Waals surface area contributed by atoms with Crippen LogP contribution in [0.15, 0.2) is 5.38 Å². The van der Waals surface area contributed by atoms with Crippen molar-refractivity contribution in [3.05, 3.63) is 11.1 Å². The maximum absolute atomic E-state index is 12.2. The van der Waals surface area contributed by atoms with Gasteiger partial charge in [0, 0.05) is 17.2 Å². The molecular formula is C13H20ClN3OS. The van der Waals surface area contributed by atoms with E-state index in [1.165, 1.54) is 24.2 Å². The summed E-state index contributed by atoms with van der Waals surface area (Å²) in [5, 5.41) is 5.79. The van der Waals surface area contributed by atoms with E-state index in [-0.39, 0.29) is 24.2 Å². The second-order valence-electron chi connectivity index (χ2n) is 5.37. The number of hydrogen-bond acceptors (Lipinski definition) is 4. The summed E-state index contributed by atoms with van der Waals surface area (Å²) in [5.41, 5.74) is 6.86. The molecule has 1 aromatic rings. The molecule has 0 aromatic carbocycles. The number of anilines is 1. The molecule has 1 aromatic heterocycles. The lowest BCUT2D eigenvalue weighted by molar-refractivity contribution is -0.120. The highest BCUT2D eigenvalue weighted by Gasteiger charge is 2.32. The molecule has 2 fully saturated rings. The van der Waals surface area contributed by atoms with Crippen molar-refractivity contribution in [1.29, 1.82) is 0 Å². The van der Waals surface area contributed by atoms with Crippen LogP contribution in [0, 0.1) is 11.8 Å². The number of carbonyl (C=O) groups is 1. The van der Waals surface area contributed by atoms with Crippen LogP contribution < -0.4 is 11.1 Å². The third-order valence-electron chi connectivity index (χ3n) is 4.05. The first-order chi connectivity index (χ1) is 8.78. The van der Waals surface area contributed by atoms with Crippen molar-refractivity contribution in [2.24, 2.45) is 17.6 Å². The molecule has 6 heteroatoms. The summed E-state index contributed by atoms with van der Waals surface area (Å²) in [6.07, 6.45) is 5.66. The number of hydrogen-bond donors (Lipinski definition) is 2. The molecule has 0 unspecified atom stereocenters. The zero-order chi connectivity index (χ0) is 12.5. The standard InChI is InChI=1S/C13H19N3OS.ClH/c14-6-9-2-1-3-10(9)12(17)16-13-15-11(7-18-13)8-4-5-8;/h7-10H,1-6,14H2,(H,15,16,17);1H/t9-,10-;/m1./s1. The van der Waals surface area contributed by atoms with Crippen LogP contribution in [-0.4, -0.2) is 17.4 Å². The minimum Gasteiger partial charge on any atom is -0.330 e. The lowest BCUT2D eigenvalue weighted by Gasteiger charge is -2.16. The lowest BCUT2D eigenvalue weighted by Crippen LogP contribution is -2.29. The van der Waals surface area contributed by atoms with E-state index in [0.29, 0.717) is 18.4 Å². The Morgan fingerprint density at radius 3 is 2.89 bits per heavy atom. The molecule has 2 atom stereocenters. The van der Waals surface area contributed by atoms with Crippen molar-refractivity contribution in [1.82, 2.24) is 4.98 Å². The van der Waals surface area contributed by atoms with E-state index < -0.39 is 0 Å². The van der Waals surface area contributed by atoms with Crippen molar-refractivity contribution >= 4 is 34.8 Å². The van der Waals surface area contributed by atoms with E-state index in [0.717, 1.165) is 30.1 Å². The van der Waals surface area contributed by atoms with Crippen molar-refractivity contribution in [2.45, 2.75) is 38.0 Å². The van der Waals surface area contributed by atoms with E-state index in [2.05, 4.69) is 15.7 Å². The molecule has 106 valence electrons. The van der Waals surface area contributed by atoms with Crippen molar-refractivity contribution in [3.63, 3.8) is 0 Å². The van der Waals surface area contributed by atoms with Crippen LogP contribution in [0.2, 0.25) is 0 Å². The number of aromatic nitrogens is 1. The first-order valence-electron chi connectivity index (χ1n) is 6.74. The SMILES string of the molecule is Cl.NC[C@H]1CCC[C@H]1C(=O)Nc1nc(C2CC2)cs1. The minimum atomic E-state index is 0. The Kier molecular flexibility index (Phi) is 4.81. The van der Waals surface area contributed by atoms with E-state index in [4.69, 9.17) is 5.73 Å². The summed E-state index contributed by atoms with van der Waals surface area (Å²) in [6, 6.07) is 0. The fraction of sp³-hybridized carbons (Fsp3) is 0.692. The Balaban J connectivity index is 0.00000133. The fourth-order valence-electron chi connectivity index (χ4n) is 2.77. The number of nitrogens with one attached hydrogen (secondary N) is 1. The molecule has 2 aliphatic rings. The largest absolute Gasteiger partial charge is 0.330 e. The number of rotatable bonds is 4. The molecule has 0 bridgehead atoms. The molecule has 1 amide bonds. The smallest absolute Gasteiger partial charge is 0.229 e. The molecule has 19 heavy (non-hydrogen) atoms. The van der Waals surface area contributed by atoms with Gasteiger partial charge in [-0.05, 0) is 38.1 Å². The monoisotopic (exact) mass is 301 g/mol. The zero-order valence-electron chi connectivity index (χ0n) is 10.8. The van der Waals surface area contributed by atoms with Gasteiger partial charge in [0.05, 0.1) is 5.69 Å².